The minimum Gasteiger partial charge on any atom is -0.369 e. The van der Waals surface area contributed by atoms with Gasteiger partial charge in [-0.1, -0.05) is 25.0 Å². The third kappa shape index (κ3) is 5.80. The molecule has 3 rings (SSSR count). The predicted octanol–water partition coefficient (Wildman–Crippen LogP) is 2.79. The van der Waals surface area contributed by atoms with Gasteiger partial charge in [0.2, 0.25) is 5.91 Å². The number of halogens is 2. The summed E-state index contributed by atoms with van der Waals surface area (Å²) in [5, 5.41) is 3.34. The summed E-state index contributed by atoms with van der Waals surface area (Å²) in [5.74, 6) is 1.40. The largest absolute Gasteiger partial charge is 0.369 e. The van der Waals surface area contributed by atoms with Crippen molar-refractivity contribution in [3.63, 3.8) is 0 Å². The molecule has 1 aromatic rings. The molecule has 7 heteroatoms. The second-order valence-corrected chi connectivity index (χ2v) is 7.57. The van der Waals surface area contributed by atoms with Crippen LogP contribution in [0.15, 0.2) is 29.3 Å². The molecule has 3 N–H and O–H groups in total. The van der Waals surface area contributed by atoms with E-state index in [1.807, 2.05) is 0 Å². The molecule has 150 valence electrons. The second kappa shape index (κ2) is 10.2. The summed E-state index contributed by atoms with van der Waals surface area (Å²) in [4.78, 5) is 18.6. The number of hydrogen-bond acceptors (Lipinski definition) is 2. The molecule has 0 radical (unpaired) electrons. The van der Waals surface area contributed by atoms with Crippen LogP contribution in [0.3, 0.4) is 0 Å². The van der Waals surface area contributed by atoms with Crippen LogP contribution in [-0.4, -0.2) is 43.4 Å². The molecule has 1 saturated heterocycles. The Morgan fingerprint density at radius 1 is 1.26 bits per heavy atom. The van der Waals surface area contributed by atoms with E-state index in [2.05, 4.69) is 15.2 Å². The predicted molar refractivity (Wildman–Crippen MR) is 117 cm³/mol. The quantitative estimate of drug-likeness (QED) is 0.381. The van der Waals surface area contributed by atoms with Crippen molar-refractivity contribution in [2.24, 2.45) is 28.5 Å². The molecule has 1 aliphatic carbocycles. The molecule has 1 heterocycles. The van der Waals surface area contributed by atoms with Gasteiger partial charge in [-0.2, -0.15) is 0 Å². The standard InChI is InChI=1S/C20H29FN4O.HI/c1-23-20(25-12-15-4-2-3-5-16(15)13-25)24-11-17(19(22)26)10-14-6-8-18(21)9-7-14;/h6-9,15-17H,2-5,10-13H2,1H3,(H2,22,26)(H,23,24);1H. The first-order valence-electron chi connectivity index (χ1n) is 9.56. The number of fused-ring (bicyclic) bond motifs is 1. The van der Waals surface area contributed by atoms with E-state index in [4.69, 9.17) is 5.73 Å². The SMILES string of the molecule is CN=C(NCC(Cc1ccc(F)cc1)C(N)=O)N1CC2CCCCC2C1.I. The first kappa shape index (κ1) is 21.9. The number of aliphatic imine (C=N–C) groups is 1. The average Bonchev–Trinajstić information content (AvgIpc) is 3.06. The van der Waals surface area contributed by atoms with E-state index in [-0.39, 0.29) is 41.6 Å². The van der Waals surface area contributed by atoms with Gasteiger partial charge >= 0.3 is 0 Å². The summed E-state index contributed by atoms with van der Waals surface area (Å²) >= 11 is 0. The summed E-state index contributed by atoms with van der Waals surface area (Å²) in [6.07, 6.45) is 5.79. The summed E-state index contributed by atoms with van der Waals surface area (Å²) in [6, 6.07) is 6.22. The van der Waals surface area contributed by atoms with E-state index in [1.54, 1.807) is 19.2 Å². The number of guanidine groups is 1. The Hall–Kier alpha value is -1.38. The van der Waals surface area contributed by atoms with Gasteiger partial charge in [-0.3, -0.25) is 9.79 Å². The Morgan fingerprint density at radius 2 is 1.85 bits per heavy atom. The summed E-state index contributed by atoms with van der Waals surface area (Å²) in [7, 11) is 1.78. The lowest BCUT2D eigenvalue weighted by atomic mass is 9.82. The summed E-state index contributed by atoms with van der Waals surface area (Å²) in [6.45, 7) is 2.53. The van der Waals surface area contributed by atoms with E-state index in [0.717, 1.165) is 36.4 Å². The fraction of sp³-hybridized carbons (Fsp3) is 0.600. The Balaban J connectivity index is 0.00000261. The highest BCUT2D eigenvalue weighted by Crippen LogP contribution is 2.35. The molecular formula is C20H30FIN4O. The number of amides is 1. The lowest BCUT2D eigenvalue weighted by Crippen LogP contribution is -2.44. The summed E-state index contributed by atoms with van der Waals surface area (Å²) in [5.41, 5.74) is 6.49. The van der Waals surface area contributed by atoms with Gasteiger partial charge in [-0.25, -0.2) is 4.39 Å². The number of likely N-dealkylation sites (tertiary alicyclic amines) is 1. The zero-order valence-corrected chi connectivity index (χ0v) is 18.2. The highest BCUT2D eigenvalue weighted by molar-refractivity contribution is 14.0. The van der Waals surface area contributed by atoms with E-state index < -0.39 is 0 Å². The fourth-order valence-electron chi connectivity index (χ4n) is 4.30. The zero-order valence-electron chi connectivity index (χ0n) is 15.9. The Bertz CT molecular complexity index is 638. The van der Waals surface area contributed by atoms with Crippen molar-refractivity contribution in [2.75, 3.05) is 26.7 Å². The van der Waals surface area contributed by atoms with Crippen molar-refractivity contribution < 1.29 is 9.18 Å². The smallest absolute Gasteiger partial charge is 0.222 e. The molecule has 3 atom stereocenters. The maximum absolute atomic E-state index is 13.1. The van der Waals surface area contributed by atoms with E-state index in [9.17, 15) is 9.18 Å². The molecule has 3 unspecified atom stereocenters. The average molecular weight is 488 g/mol. The normalized spacial score (nSPS) is 23.3. The van der Waals surface area contributed by atoms with Gasteiger partial charge in [-0.05, 0) is 48.8 Å². The topological polar surface area (TPSA) is 70.7 Å². The monoisotopic (exact) mass is 488 g/mol. The molecule has 1 amide bonds. The molecule has 2 aliphatic rings. The molecule has 0 bridgehead atoms. The van der Waals surface area contributed by atoms with Crippen LogP contribution in [0.1, 0.15) is 31.2 Å². The van der Waals surface area contributed by atoms with Crippen LogP contribution >= 0.6 is 24.0 Å². The maximum atomic E-state index is 13.1. The van der Waals surface area contributed by atoms with Gasteiger partial charge in [0.15, 0.2) is 5.96 Å². The summed E-state index contributed by atoms with van der Waals surface area (Å²) < 4.78 is 13.1. The van der Waals surface area contributed by atoms with Crippen molar-refractivity contribution >= 4 is 35.8 Å². The van der Waals surface area contributed by atoms with Crippen LogP contribution < -0.4 is 11.1 Å². The van der Waals surface area contributed by atoms with Crippen LogP contribution in [0.2, 0.25) is 0 Å². The number of rotatable bonds is 5. The van der Waals surface area contributed by atoms with Crippen molar-refractivity contribution in [2.45, 2.75) is 32.1 Å². The number of nitrogens with zero attached hydrogens (tertiary/aromatic N) is 2. The van der Waals surface area contributed by atoms with Crippen molar-refractivity contribution in [1.82, 2.24) is 10.2 Å². The Labute approximate surface area is 178 Å². The number of nitrogens with one attached hydrogen (secondary N) is 1. The van der Waals surface area contributed by atoms with Crippen molar-refractivity contribution in [1.29, 1.82) is 0 Å². The van der Waals surface area contributed by atoms with Crippen LogP contribution in [0.4, 0.5) is 4.39 Å². The molecule has 27 heavy (non-hydrogen) atoms. The highest BCUT2D eigenvalue weighted by atomic mass is 127. The van der Waals surface area contributed by atoms with Gasteiger partial charge in [0.25, 0.3) is 0 Å². The van der Waals surface area contributed by atoms with Crippen LogP contribution in [0.5, 0.6) is 0 Å². The minimum absolute atomic E-state index is 0. The second-order valence-electron chi connectivity index (χ2n) is 7.57. The van der Waals surface area contributed by atoms with Crippen LogP contribution in [0, 0.1) is 23.6 Å². The van der Waals surface area contributed by atoms with Gasteiger partial charge in [0.1, 0.15) is 5.82 Å². The third-order valence-electron chi connectivity index (χ3n) is 5.79. The molecule has 5 nitrogen and oxygen atoms in total. The molecule has 1 aliphatic heterocycles. The minimum atomic E-state index is -0.359. The molecular weight excluding hydrogens is 458 g/mol. The molecule has 0 spiro atoms. The Morgan fingerprint density at radius 3 is 2.37 bits per heavy atom. The van der Waals surface area contributed by atoms with Gasteiger partial charge in [0.05, 0.1) is 5.92 Å². The van der Waals surface area contributed by atoms with Crippen LogP contribution in [0.25, 0.3) is 0 Å². The number of hydrogen-bond donors (Lipinski definition) is 2. The molecule has 1 saturated carbocycles. The maximum Gasteiger partial charge on any atom is 0.222 e. The Kier molecular flexibility index (Phi) is 8.31. The zero-order chi connectivity index (χ0) is 18.5. The lowest BCUT2D eigenvalue weighted by Gasteiger charge is -2.23. The third-order valence-corrected chi connectivity index (χ3v) is 5.79. The van der Waals surface area contributed by atoms with Crippen LogP contribution in [-0.2, 0) is 11.2 Å². The molecule has 0 aromatic heterocycles. The lowest BCUT2D eigenvalue weighted by molar-refractivity contribution is -0.121. The van der Waals surface area contributed by atoms with Gasteiger partial charge < -0.3 is 16.0 Å². The molecule has 2 fully saturated rings. The number of carbonyl (C=O) groups excluding carboxylic acids is 1. The van der Waals surface area contributed by atoms with Crippen molar-refractivity contribution in [3.05, 3.63) is 35.6 Å². The van der Waals surface area contributed by atoms with Crippen molar-refractivity contribution in [3.8, 4) is 0 Å². The number of benzene rings is 1. The van der Waals surface area contributed by atoms with E-state index in [1.165, 1.54) is 37.8 Å². The van der Waals surface area contributed by atoms with Gasteiger partial charge in [0, 0.05) is 26.7 Å². The highest BCUT2D eigenvalue weighted by Gasteiger charge is 2.35. The molecule has 1 aromatic carbocycles. The number of carbonyl (C=O) groups is 1. The number of nitrogens with two attached hydrogens (primary N) is 1. The number of primary amides is 1. The van der Waals surface area contributed by atoms with E-state index >= 15 is 0 Å². The van der Waals surface area contributed by atoms with Gasteiger partial charge in [-0.15, -0.1) is 24.0 Å². The first-order chi connectivity index (χ1) is 12.6. The first-order valence-corrected chi connectivity index (χ1v) is 9.56. The van der Waals surface area contributed by atoms with E-state index in [0.29, 0.717) is 13.0 Å². The fourth-order valence-corrected chi connectivity index (χ4v) is 4.30.